The van der Waals surface area contributed by atoms with E-state index in [1.165, 1.54) is 25.9 Å². The van der Waals surface area contributed by atoms with Gasteiger partial charge in [-0.05, 0) is 5.56 Å². The Hall–Kier alpha value is -0.910. The molecule has 1 aromatic carbocycles. The lowest BCUT2D eigenvalue weighted by molar-refractivity contribution is -0.866. The molecular formula is C12H19NO3S. The molecule has 1 N–H and O–H groups in total. The Morgan fingerprint density at radius 3 is 2.06 bits per heavy atom. The molecule has 1 aromatic rings. The number of quaternary nitrogens is 1. The van der Waals surface area contributed by atoms with Gasteiger partial charge in [0.15, 0.2) is 0 Å². The summed E-state index contributed by atoms with van der Waals surface area (Å²) in [5.41, 5.74) is 0.530. The van der Waals surface area contributed by atoms with Gasteiger partial charge in [0.25, 0.3) is 0 Å². The zero-order chi connectivity index (χ0) is 12.7. The van der Waals surface area contributed by atoms with Crippen LogP contribution in [0.15, 0.2) is 30.3 Å². The SMILES string of the molecule is C[NH+]1CCCC1.O=S(=O)([O-])Cc1ccccc1. The Kier molecular flexibility index (Phi) is 5.61. The first kappa shape index (κ1) is 14.2. The van der Waals surface area contributed by atoms with Crippen LogP contribution >= 0.6 is 0 Å². The molecule has 0 aliphatic carbocycles. The summed E-state index contributed by atoms with van der Waals surface area (Å²) < 4.78 is 30.7. The van der Waals surface area contributed by atoms with E-state index in [9.17, 15) is 13.0 Å². The van der Waals surface area contributed by atoms with Crippen molar-refractivity contribution in [3.05, 3.63) is 35.9 Å². The predicted octanol–water partition coefficient (Wildman–Crippen LogP) is 0.0267. The third-order valence-electron chi connectivity index (χ3n) is 2.64. The highest BCUT2D eigenvalue weighted by molar-refractivity contribution is 7.84. The Labute approximate surface area is 103 Å². The maximum Gasteiger partial charge on any atom is 0.0988 e. The molecule has 1 aliphatic heterocycles. The molecule has 0 saturated carbocycles. The van der Waals surface area contributed by atoms with Crippen molar-refractivity contribution in [1.29, 1.82) is 0 Å². The monoisotopic (exact) mass is 257 g/mol. The Balaban J connectivity index is 0.000000202. The Bertz CT molecular complexity index is 411. The fourth-order valence-electron chi connectivity index (χ4n) is 1.76. The fraction of sp³-hybridized carbons (Fsp3) is 0.500. The smallest absolute Gasteiger partial charge is 0.0988 e. The summed E-state index contributed by atoms with van der Waals surface area (Å²) in [5, 5.41) is 0. The molecule has 0 atom stereocenters. The van der Waals surface area contributed by atoms with Crippen molar-refractivity contribution in [3.8, 4) is 0 Å². The van der Waals surface area contributed by atoms with Gasteiger partial charge in [-0.15, -0.1) is 0 Å². The van der Waals surface area contributed by atoms with E-state index in [0.717, 1.165) is 0 Å². The van der Waals surface area contributed by atoms with E-state index in [-0.39, 0.29) is 0 Å². The molecule has 4 nitrogen and oxygen atoms in total. The summed E-state index contributed by atoms with van der Waals surface area (Å²) >= 11 is 0. The number of hydrogen-bond donors (Lipinski definition) is 1. The van der Waals surface area contributed by atoms with Crippen LogP contribution in [0.4, 0.5) is 0 Å². The molecule has 0 unspecified atom stereocenters. The lowest BCUT2D eigenvalue weighted by atomic mass is 10.2. The molecule has 1 fully saturated rings. The van der Waals surface area contributed by atoms with Gasteiger partial charge in [-0.2, -0.15) is 0 Å². The first-order valence-corrected chi connectivity index (χ1v) is 7.34. The average Bonchev–Trinajstić information content (AvgIpc) is 2.69. The van der Waals surface area contributed by atoms with E-state index in [4.69, 9.17) is 0 Å². The van der Waals surface area contributed by atoms with Gasteiger partial charge in [0.2, 0.25) is 0 Å². The number of benzene rings is 1. The maximum absolute atomic E-state index is 10.2. The molecule has 0 bridgehead atoms. The van der Waals surface area contributed by atoms with Crippen molar-refractivity contribution in [2.24, 2.45) is 0 Å². The van der Waals surface area contributed by atoms with Crippen molar-refractivity contribution in [2.75, 3.05) is 20.1 Å². The molecule has 17 heavy (non-hydrogen) atoms. The number of hydrogen-bond acceptors (Lipinski definition) is 3. The summed E-state index contributed by atoms with van der Waals surface area (Å²) in [6.07, 6.45) is 2.90. The van der Waals surface area contributed by atoms with Gasteiger partial charge in [-0.3, -0.25) is 0 Å². The second kappa shape index (κ2) is 6.74. The zero-order valence-corrected chi connectivity index (χ0v) is 10.9. The molecule has 96 valence electrons. The largest absolute Gasteiger partial charge is 0.748 e. The number of likely N-dealkylation sites (tertiary alicyclic amines) is 1. The first-order chi connectivity index (χ1) is 7.97. The van der Waals surface area contributed by atoms with Crippen molar-refractivity contribution in [3.63, 3.8) is 0 Å². The minimum atomic E-state index is -4.13. The minimum absolute atomic E-state index is 0.423. The van der Waals surface area contributed by atoms with Crippen LogP contribution in [0.1, 0.15) is 18.4 Å². The Morgan fingerprint density at radius 1 is 1.18 bits per heavy atom. The zero-order valence-electron chi connectivity index (χ0n) is 10.1. The van der Waals surface area contributed by atoms with E-state index in [1.807, 2.05) is 0 Å². The Morgan fingerprint density at radius 2 is 1.71 bits per heavy atom. The lowest BCUT2D eigenvalue weighted by Crippen LogP contribution is -3.06. The molecule has 0 amide bonds. The molecule has 1 aliphatic rings. The van der Waals surface area contributed by atoms with Crippen LogP contribution in [-0.4, -0.2) is 33.1 Å². The van der Waals surface area contributed by atoms with Crippen LogP contribution in [-0.2, 0) is 15.9 Å². The molecule has 0 aromatic heterocycles. The molecule has 2 rings (SSSR count). The van der Waals surface area contributed by atoms with Gasteiger partial charge < -0.3 is 9.45 Å². The summed E-state index contributed by atoms with van der Waals surface area (Å²) in [7, 11) is -1.87. The highest BCUT2D eigenvalue weighted by Crippen LogP contribution is 2.02. The summed E-state index contributed by atoms with van der Waals surface area (Å²) in [6.45, 7) is 2.81. The van der Waals surface area contributed by atoms with E-state index in [2.05, 4.69) is 7.05 Å². The summed E-state index contributed by atoms with van der Waals surface area (Å²) in [6, 6.07) is 8.37. The van der Waals surface area contributed by atoms with Crippen LogP contribution in [0.5, 0.6) is 0 Å². The van der Waals surface area contributed by atoms with Gasteiger partial charge in [0, 0.05) is 12.8 Å². The number of rotatable bonds is 2. The third-order valence-corrected chi connectivity index (χ3v) is 3.33. The quantitative estimate of drug-likeness (QED) is 0.760. The molecule has 1 saturated heterocycles. The maximum atomic E-state index is 10.2. The van der Waals surface area contributed by atoms with Gasteiger partial charge in [0.1, 0.15) is 0 Å². The minimum Gasteiger partial charge on any atom is -0.748 e. The molecular weight excluding hydrogens is 238 g/mol. The molecule has 0 radical (unpaired) electrons. The lowest BCUT2D eigenvalue weighted by Gasteiger charge is -2.05. The third kappa shape index (κ3) is 7.10. The van der Waals surface area contributed by atoms with E-state index < -0.39 is 15.9 Å². The van der Waals surface area contributed by atoms with Crippen LogP contribution < -0.4 is 4.90 Å². The first-order valence-electron chi connectivity index (χ1n) is 5.76. The molecule has 0 spiro atoms. The normalized spacial score (nSPS) is 16.4. The highest BCUT2D eigenvalue weighted by Gasteiger charge is 2.07. The van der Waals surface area contributed by atoms with Gasteiger partial charge in [-0.25, -0.2) is 8.42 Å². The van der Waals surface area contributed by atoms with Crippen molar-refractivity contribution >= 4 is 10.1 Å². The van der Waals surface area contributed by atoms with E-state index in [1.54, 1.807) is 35.2 Å². The molecule has 1 heterocycles. The van der Waals surface area contributed by atoms with Crippen molar-refractivity contribution in [2.45, 2.75) is 18.6 Å². The summed E-state index contributed by atoms with van der Waals surface area (Å²) in [5.74, 6) is -0.423. The average molecular weight is 257 g/mol. The van der Waals surface area contributed by atoms with Crippen LogP contribution in [0.25, 0.3) is 0 Å². The highest BCUT2D eigenvalue weighted by atomic mass is 32.2. The van der Waals surface area contributed by atoms with E-state index in [0.29, 0.717) is 5.56 Å². The topological polar surface area (TPSA) is 61.6 Å². The standard InChI is InChI=1S/C7H8O3S.C5H11N/c8-11(9,10)6-7-4-2-1-3-5-7;1-6-4-2-3-5-6/h1-5H,6H2,(H,8,9,10);2-5H2,1H3. The van der Waals surface area contributed by atoms with Crippen LogP contribution in [0.2, 0.25) is 0 Å². The van der Waals surface area contributed by atoms with Crippen molar-refractivity contribution in [1.82, 2.24) is 0 Å². The summed E-state index contributed by atoms with van der Waals surface area (Å²) in [4.78, 5) is 1.70. The predicted molar refractivity (Wildman–Crippen MR) is 65.7 cm³/mol. The fourth-order valence-corrected chi connectivity index (χ4v) is 2.36. The van der Waals surface area contributed by atoms with Gasteiger partial charge >= 0.3 is 0 Å². The van der Waals surface area contributed by atoms with Crippen LogP contribution in [0.3, 0.4) is 0 Å². The van der Waals surface area contributed by atoms with Gasteiger partial charge in [-0.1, -0.05) is 30.3 Å². The number of nitrogens with one attached hydrogen (secondary N) is 1. The second-order valence-electron chi connectivity index (χ2n) is 4.35. The second-order valence-corrected chi connectivity index (χ2v) is 5.76. The van der Waals surface area contributed by atoms with Crippen molar-refractivity contribution < 1.29 is 17.9 Å². The molecule has 5 heteroatoms. The van der Waals surface area contributed by atoms with E-state index >= 15 is 0 Å². The van der Waals surface area contributed by atoms with Crippen LogP contribution in [0, 0.1) is 0 Å². The van der Waals surface area contributed by atoms with Gasteiger partial charge in [0.05, 0.1) is 36.0 Å².